The van der Waals surface area contributed by atoms with Crippen LogP contribution >= 0.6 is 0 Å². The van der Waals surface area contributed by atoms with E-state index in [0.29, 0.717) is 6.54 Å². The number of pyridine rings is 1. The number of nitrogens with one attached hydrogen (secondary N) is 2. The number of nitrogens with two attached hydrogens (primary N) is 3. The second-order valence-corrected chi connectivity index (χ2v) is 8.09. The van der Waals surface area contributed by atoms with Gasteiger partial charge in [-0.3, -0.25) is 0 Å². The van der Waals surface area contributed by atoms with Crippen molar-refractivity contribution in [3.8, 4) is 11.3 Å². The standard InChI is InChI=1S/C26H32N6/c27-11-13-31-15-14-30-12-4-16-32-25-18-21(29)8-10-23(25)22-9-7-20(28)17-24(22)26(32)19-5-2-1-3-6-19/h1-3,5-10,17-18,29-31H,4,11-16,27-28H2/p+1. The van der Waals surface area contributed by atoms with E-state index in [1.54, 1.807) is 0 Å². The summed E-state index contributed by atoms with van der Waals surface area (Å²) in [5, 5.41) is 10.4. The summed E-state index contributed by atoms with van der Waals surface area (Å²) >= 11 is 0. The predicted molar refractivity (Wildman–Crippen MR) is 135 cm³/mol. The van der Waals surface area contributed by atoms with Gasteiger partial charge in [0.2, 0.25) is 11.2 Å². The number of aryl methyl sites for hydroxylation is 1. The fraction of sp³-hybridized carbons (Fsp3) is 0.269. The summed E-state index contributed by atoms with van der Waals surface area (Å²) in [6, 6.07) is 22.9. The summed E-state index contributed by atoms with van der Waals surface area (Å²) < 4.78 is 2.40. The Morgan fingerprint density at radius 3 is 2.12 bits per heavy atom. The zero-order valence-electron chi connectivity index (χ0n) is 18.5. The first-order chi connectivity index (χ1) is 15.7. The van der Waals surface area contributed by atoms with E-state index in [1.165, 1.54) is 22.0 Å². The molecule has 0 aliphatic carbocycles. The lowest BCUT2D eigenvalue weighted by Gasteiger charge is -2.13. The van der Waals surface area contributed by atoms with Crippen LogP contribution < -0.4 is 32.4 Å². The first-order valence-corrected chi connectivity index (χ1v) is 11.3. The molecule has 0 saturated heterocycles. The maximum atomic E-state index is 6.23. The largest absolute Gasteiger partial charge is 0.399 e. The molecule has 0 unspecified atom stereocenters. The zero-order chi connectivity index (χ0) is 22.3. The van der Waals surface area contributed by atoms with E-state index >= 15 is 0 Å². The third-order valence-corrected chi connectivity index (χ3v) is 5.75. The number of nitrogens with zero attached hydrogens (tertiary/aromatic N) is 1. The smallest absolute Gasteiger partial charge is 0.220 e. The van der Waals surface area contributed by atoms with Gasteiger partial charge in [0.15, 0.2) is 6.54 Å². The number of benzene rings is 3. The molecular weight excluding hydrogens is 396 g/mol. The topological polar surface area (TPSA) is 106 Å². The number of hydrogen-bond donors (Lipinski definition) is 5. The molecule has 0 aliphatic heterocycles. The van der Waals surface area contributed by atoms with Crippen LogP contribution in [0.4, 0.5) is 11.4 Å². The van der Waals surface area contributed by atoms with Crippen LogP contribution in [0, 0.1) is 0 Å². The van der Waals surface area contributed by atoms with E-state index in [4.69, 9.17) is 17.2 Å². The number of hydrogen-bond acceptors (Lipinski definition) is 5. The Morgan fingerprint density at radius 2 is 1.38 bits per heavy atom. The SMILES string of the molecule is NCCNCCNCCC[n+]1c(-c2ccccc2)c2cc(N)ccc2c2ccc(N)cc21. The maximum Gasteiger partial charge on any atom is 0.220 e. The van der Waals surface area contributed by atoms with Gasteiger partial charge in [0.05, 0.1) is 10.8 Å². The molecule has 1 aromatic heterocycles. The van der Waals surface area contributed by atoms with Gasteiger partial charge < -0.3 is 27.8 Å². The number of nitrogen functional groups attached to an aromatic ring is 2. The summed E-state index contributed by atoms with van der Waals surface area (Å²) in [5.74, 6) is 0. The van der Waals surface area contributed by atoms with Gasteiger partial charge in [-0.05, 0) is 36.4 Å². The Morgan fingerprint density at radius 1 is 0.688 bits per heavy atom. The summed E-state index contributed by atoms with van der Waals surface area (Å²) in [5.41, 5.74) is 23.0. The van der Waals surface area contributed by atoms with Gasteiger partial charge in [0.25, 0.3) is 0 Å². The van der Waals surface area contributed by atoms with Crippen molar-refractivity contribution in [1.82, 2.24) is 10.6 Å². The van der Waals surface area contributed by atoms with Crippen LogP contribution in [0.5, 0.6) is 0 Å². The van der Waals surface area contributed by atoms with Gasteiger partial charge in [-0.15, -0.1) is 0 Å². The predicted octanol–water partition coefficient (Wildman–Crippen LogP) is 2.64. The molecule has 4 aromatic rings. The monoisotopic (exact) mass is 429 g/mol. The van der Waals surface area contributed by atoms with Crippen molar-refractivity contribution in [3.63, 3.8) is 0 Å². The summed E-state index contributed by atoms with van der Waals surface area (Å²) in [6.07, 6.45) is 0.999. The van der Waals surface area contributed by atoms with Crippen molar-refractivity contribution in [2.45, 2.75) is 13.0 Å². The van der Waals surface area contributed by atoms with E-state index in [0.717, 1.165) is 61.4 Å². The normalized spacial score (nSPS) is 11.4. The first-order valence-electron chi connectivity index (χ1n) is 11.3. The van der Waals surface area contributed by atoms with Gasteiger partial charge in [-0.2, -0.15) is 4.57 Å². The van der Waals surface area contributed by atoms with Crippen molar-refractivity contribution in [3.05, 3.63) is 66.7 Å². The van der Waals surface area contributed by atoms with Gasteiger partial charge >= 0.3 is 0 Å². The Hall–Kier alpha value is -3.19. The van der Waals surface area contributed by atoms with Gasteiger partial charge in [0, 0.05) is 67.5 Å². The molecule has 0 aliphatic rings. The van der Waals surface area contributed by atoms with Crippen LogP contribution in [0.15, 0.2) is 66.7 Å². The molecule has 1 heterocycles. The number of aromatic nitrogens is 1. The Labute approximate surface area is 189 Å². The minimum absolute atomic E-state index is 0.668. The summed E-state index contributed by atoms with van der Waals surface area (Å²) in [4.78, 5) is 0. The highest BCUT2D eigenvalue weighted by Crippen LogP contribution is 2.33. The second-order valence-electron chi connectivity index (χ2n) is 8.09. The minimum atomic E-state index is 0.668. The Bertz CT molecular complexity index is 1190. The van der Waals surface area contributed by atoms with E-state index in [1.807, 2.05) is 18.2 Å². The molecule has 6 heteroatoms. The fourth-order valence-electron chi connectivity index (χ4n) is 4.29. The average Bonchev–Trinajstić information content (AvgIpc) is 2.81. The van der Waals surface area contributed by atoms with Crippen LogP contribution in [-0.4, -0.2) is 32.7 Å². The lowest BCUT2D eigenvalue weighted by atomic mass is 9.98. The van der Waals surface area contributed by atoms with E-state index in [2.05, 4.69) is 63.7 Å². The molecule has 32 heavy (non-hydrogen) atoms. The Balaban J connectivity index is 1.74. The first kappa shape index (κ1) is 22.0. The third-order valence-electron chi connectivity index (χ3n) is 5.75. The molecule has 0 radical (unpaired) electrons. The summed E-state index contributed by atoms with van der Waals surface area (Å²) in [7, 11) is 0. The maximum absolute atomic E-state index is 6.23. The molecule has 4 rings (SSSR count). The van der Waals surface area contributed by atoms with Crippen molar-refractivity contribution in [2.24, 2.45) is 5.73 Å². The summed E-state index contributed by atoms with van der Waals surface area (Å²) in [6.45, 7) is 5.18. The molecule has 0 spiro atoms. The van der Waals surface area contributed by atoms with Gasteiger partial charge in [-0.1, -0.05) is 24.3 Å². The molecule has 0 amide bonds. The van der Waals surface area contributed by atoms with Crippen LogP contribution in [0.3, 0.4) is 0 Å². The zero-order valence-corrected chi connectivity index (χ0v) is 18.5. The Kier molecular flexibility index (Phi) is 7.17. The van der Waals surface area contributed by atoms with Crippen LogP contribution in [0.25, 0.3) is 32.9 Å². The van der Waals surface area contributed by atoms with Crippen molar-refractivity contribution in [1.29, 1.82) is 0 Å². The fourth-order valence-corrected chi connectivity index (χ4v) is 4.29. The molecule has 0 atom stereocenters. The quantitative estimate of drug-likeness (QED) is 0.115. The lowest BCUT2D eigenvalue weighted by Crippen LogP contribution is -2.39. The molecule has 3 aromatic carbocycles. The third kappa shape index (κ3) is 4.83. The molecule has 166 valence electrons. The molecule has 0 saturated carbocycles. The molecule has 6 nitrogen and oxygen atoms in total. The van der Waals surface area contributed by atoms with E-state index in [-0.39, 0.29) is 0 Å². The molecular formula is C26H33N6+. The van der Waals surface area contributed by atoms with Gasteiger partial charge in [-0.25, -0.2) is 0 Å². The van der Waals surface area contributed by atoms with Crippen LogP contribution in [-0.2, 0) is 6.54 Å². The number of fused-ring (bicyclic) bond motifs is 3. The molecule has 0 bridgehead atoms. The van der Waals surface area contributed by atoms with Crippen molar-refractivity contribution >= 4 is 33.1 Å². The number of rotatable bonds is 10. The van der Waals surface area contributed by atoms with Crippen molar-refractivity contribution < 1.29 is 4.57 Å². The lowest BCUT2D eigenvalue weighted by molar-refractivity contribution is -0.659. The molecule has 0 fully saturated rings. The highest BCUT2D eigenvalue weighted by atomic mass is 15.0. The highest BCUT2D eigenvalue weighted by Gasteiger charge is 2.23. The van der Waals surface area contributed by atoms with Crippen LogP contribution in [0.1, 0.15) is 6.42 Å². The number of anilines is 2. The minimum Gasteiger partial charge on any atom is -0.399 e. The highest BCUT2D eigenvalue weighted by molar-refractivity contribution is 6.10. The average molecular weight is 430 g/mol. The molecule has 8 N–H and O–H groups in total. The van der Waals surface area contributed by atoms with E-state index < -0.39 is 0 Å². The van der Waals surface area contributed by atoms with E-state index in [9.17, 15) is 0 Å². The van der Waals surface area contributed by atoms with Crippen LogP contribution in [0.2, 0.25) is 0 Å². The van der Waals surface area contributed by atoms with Gasteiger partial charge in [0.1, 0.15) is 0 Å². The van der Waals surface area contributed by atoms with Crippen molar-refractivity contribution in [2.75, 3.05) is 44.2 Å². The second kappa shape index (κ2) is 10.4.